The fourth-order valence-electron chi connectivity index (χ4n) is 2.88. The van der Waals surface area contributed by atoms with Gasteiger partial charge in [0.15, 0.2) is 0 Å². The highest BCUT2D eigenvalue weighted by molar-refractivity contribution is 5.86. The van der Waals surface area contributed by atoms with E-state index in [9.17, 15) is 0 Å². The van der Waals surface area contributed by atoms with E-state index in [0.717, 1.165) is 6.54 Å². The highest BCUT2D eigenvalue weighted by Crippen LogP contribution is 2.28. The summed E-state index contributed by atoms with van der Waals surface area (Å²) in [5, 5.41) is 6.11. The monoisotopic (exact) mass is 271 g/mol. The van der Waals surface area contributed by atoms with Crippen molar-refractivity contribution in [1.29, 1.82) is 0 Å². The van der Waals surface area contributed by atoms with Crippen LogP contribution >= 0.6 is 0 Å². The summed E-state index contributed by atoms with van der Waals surface area (Å²) in [5.74, 6) is 0. The summed E-state index contributed by atoms with van der Waals surface area (Å²) in [5.41, 5.74) is 1.29. The molecule has 3 heteroatoms. The first-order valence-corrected chi connectivity index (χ1v) is 7.30. The number of hydrogen-bond donors (Lipinski definition) is 1. The average Bonchev–Trinajstić information content (AvgIpc) is 2.53. The Morgan fingerprint density at radius 3 is 2.80 bits per heavy atom. The van der Waals surface area contributed by atoms with Gasteiger partial charge in [0.2, 0.25) is 0 Å². The van der Waals surface area contributed by atoms with Gasteiger partial charge in [-0.05, 0) is 22.9 Å². The molecule has 0 spiro atoms. The Balaban J connectivity index is 2.00. The van der Waals surface area contributed by atoms with E-state index in [4.69, 9.17) is 9.47 Å². The van der Waals surface area contributed by atoms with Crippen molar-refractivity contribution in [3.63, 3.8) is 0 Å². The summed E-state index contributed by atoms with van der Waals surface area (Å²) in [4.78, 5) is 0. The standard InChI is InChI=1S/C17H21NO2/c1-2-18-17(16-12-19-10-11-20-16)15-9-5-7-13-6-3-4-8-14(13)15/h3-9,16-18H,2,10-12H2,1H3. The minimum absolute atomic E-state index is 0.0782. The van der Waals surface area contributed by atoms with Gasteiger partial charge in [0.05, 0.1) is 25.9 Å². The lowest BCUT2D eigenvalue weighted by Gasteiger charge is -2.32. The molecule has 3 rings (SSSR count). The van der Waals surface area contributed by atoms with Crippen LogP contribution in [0.5, 0.6) is 0 Å². The molecule has 1 fully saturated rings. The van der Waals surface area contributed by atoms with E-state index in [1.54, 1.807) is 0 Å². The molecule has 1 aliphatic heterocycles. The summed E-state index contributed by atoms with van der Waals surface area (Å²) < 4.78 is 11.5. The maximum absolute atomic E-state index is 5.91. The Morgan fingerprint density at radius 1 is 1.15 bits per heavy atom. The molecular weight excluding hydrogens is 250 g/mol. The van der Waals surface area contributed by atoms with Crippen LogP contribution in [0.3, 0.4) is 0 Å². The summed E-state index contributed by atoms with van der Waals surface area (Å²) in [7, 11) is 0. The van der Waals surface area contributed by atoms with E-state index < -0.39 is 0 Å². The Bertz CT molecular complexity index is 558. The Kier molecular flexibility index (Phi) is 4.31. The maximum Gasteiger partial charge on any atom is 0.100 e. The van der Waals surface area contributed by atoms with Gasteiger partial charge in [-0.15, -0.1) is 0 Å². The zero-order valence-corrected chi connectivity index (χ0v) is 11.8. The highest BCUT2D eigenvalue weighted by Gasteiger charge is 2.26. The molecule has 1 heterocycles. The van der Waals surface area contributed by atoms with Crippen molar-refractivity contribution in [1.82, 2.24) is 5.32 Å². The first kappa shape index (κ1) is 13.6. The molecule has 0 amide bonds. The molecule has 2 aromatic carbocycles. The number of likely N-dealkylation sites (N-methyl/N-ethyl adjacent to an activating group) is 1. The van der Waals surface area contributed by atoms with Crippen LogP contribution in [0.1, 0.15) is 18.5 Å². The number of ether oxygens (including phenoxy) is 2. The minimum Gasteiger partial charge on any atom is -0.376 e. The zero-order valence-electron chi connectivity index (χ0n) is 11.8. The number of fused-ring (bicyclic) bond motifs is 1. The van der Waals surface area contributed by atoms with E-state index >= 15 is 0 Å². The molecule has 0 aromatic heterocycles. The first-order chi connectivity index (χ1) is 9.90. The van der Waals surface area contributed by atoms with Crippen LogP contribution in [0.2, 0.25) is 0 Å². The van der Waals surface area contributed by atoms with Crippen LogP contribution in [0, 0.1) is 0 Å². The van der Waals surface area contributed by atoms with E-state index in [1.165, 1.54) is 16.3 Å². The van der Waals surface area contributed by atoms with E-state index in [1.807, 2.05) is 0 Å². The Labute approximate surface area is 119 Å². The molecule has 1 saturated heterocycles. The van der Waals surface area contributed by atoms with Gasteiger partial charge in [-0.2, -0.15) is 0 Å². The second-order valence-corrected chi connectivity index (χ2v) is 5.09. The Hall–Kier alpha value is -1.42. The molecule has 1 N–H and O–H groups in total. The summed E-state index contributed by atoms with van der Waals surface area (Å²) in [6.07, 6.45) is 0.0782. The van der Waals surface area contributed by atoms with Crippen molar-refractivity contribution < 1.29 is 9.47 Å². The van der Waals surface area contributed by atoms with Crippen molar-refractivity contribution in [3.8, 4) is 0 Å². The number of rotatable bonds is 4. The van der Waals surface area contributed by atoms with Gasteiger partial charge in [-0.1, -0.05) is 49.4 Å². The number of benzene rings is 2. The summed E-state index contributed by atoms with van der Waals surface area (Å²) in [6.45, 7) is 5.07. The average molecular weight is 271 g/mol. The topological polar surface area (TPSA) is 30.5 Å². The largest absolute Gasteiger partial charge is 0.376 e. The second kappa shape index (κ2) is 6.35. The van der Waals surface area contributed by atoms with Gasteiger partial charge in [0.25, 0.3) is 0 Å². The third-order valence-electron chi connectivity index (χ3n) is 3.80. The van der Waals surface area contributed by atoms with Crippen LogP contribution in [0.25, 0.3) is 10.8 Å². The molecule has 0 saturated carbocycles. The van der Waals surface area contributed by atoms with Gasteiger partial charge in [0, 0.05) is 0 Å². The number of hydrogen-bond acceptors (Lipinski definition) is 3. The minimum atomic E-state index is 0.0782. The molecule has 0 radical (unpaired) electrons. The highest BCUT2D eigenvalue weighted by atomic mass is 16.6. The summed E-state index contributed by atoms with van der Waals surface area (Å²) in [6, 6.07) is 15.1. The van der Waals surface area contributed by atoms with E-state index in [0.29, 0.717) is 19.8 Å². The smallest absolute Gasteiger partial charge is 0.100 e. The third kappa shape index (κ3) is 2.70. The third-order valence-corrected chi connectivity index (χ3v) is 3.80. The molecule has 0 bridgehead atoms. The fraction of sp³-hybridized carbons (Fsp3) is 0.412. The second-order valence-electron chi connectivity index (χ2n) is 5.09. The molecule has 20 heavy (non-hydrogen) atoms. The predicted octanol–water partition coefficient (Wildman–Crippen LogP) is 2.91. The van der Waals surface area contributed by atoms with E-state index in [2.05, 4.69) is 54.7 Å². The lowest BCUT2D eigenvalue weighted by atomic mass is 9.95. The van der Waals surface area contributed by atoms with Gasteiger partial charge in [-0.3, -0.25) is 0 Å². The molecule has 2 atom stereocenters. The van der Waals surface area contributed by atoms with Crippen LogP contribution in [0.4, 0.5) is 0 Å². The van der Waals surface area contributed by atoms with Crippen molar-refractivity contribution in [2.75, 3.05) is 26.4 Å². The van der Waals surface area contributed by atoms with Gasteiger partial charge in [0.1, 0.15) is 6.10 Å². The van der Waals surface area contributed by atoms with Crippen LogP contribution in [0.15, 0.2) is 42.5 Å². The molecule has 1 aliphatic rings. The SMILES string of the molecule is CCNC(c1cccc2ccccc12)C1COCCO1. The van der Waals surface area contributed by atoms with E-state index in [-0.39, 0.29) is 12.1 Å². The Morgan fingerprint density at radius 2 is 2.00 bits per heavy atom. The zero-order chi connectivity index (χ0) is 13.8. The van der Waals surface area contributed by atoms with Crippen LogP contribution in [-0.4, -0.2) is 32.5 Å². The molecule has 106 valence electrons. The first-order valence-electron chi connectivity index (χ1n) is 7.30. The van der Waals surface area contributed by atoms with Crippen molar-refractivity contribution >= 4 is 10.8 Å². The molecule has 2 aromatic rings. The van der Waals surface area contributed by atoms with Gasteiger partial charge in [-0.25, -0.2) is 0 Å². The lowest BCUT2D eigenvalue weighted by molar-refractivity contribution is -0.102. The predicted molar refractivity (Wildman–Crippen MR) is 80.9 cm³/mol. The quantitative estimate of drug-likeness (QED) is 0.927. The van der Waals surface area contributed by atoms with Crippen LogP contribution < -0.4 is 5.32 Å². The lowest BCUT2D eigenvalue weighted by Crippen LogP contribution is -2.40. The van der Waals surface area contributed by atoms with Crippen molar-refractivity contribution in [3.05, 3.63) is 48.0 Å². The summed E-state index contributed by atoms with van der Waals surface area (Å²) >= 11 is 0. The fourth-order valence-corrected chi connectivity index (χ4v) is 2.88. The maximum atomic E-state index is 5.91. The van der Waals surface area contributed by atoms with Crippen molar-refractivity contribution in [2.24, 2.45) is 0 Å². The normalized spacial score (nSPS) is 20.9. The molecule has 3 nitrogen and oxygen atoms in total. The molecule has 2 unspecified atom stereocenters. The van der Waals surface area contributed by atoms with Crippen LogP contribution in [-0.2, 0) is 9.47 Å². The molecule has 0 aliphatic carbocycles. The van der Waals surface area contributed by atoms with Crippen molar-refractivity contribution in [2.45, 2.75) is 19.1 Å². The molecular formula is C17H21NO2. The number of nitrogens with one attached hydrogen (secondary N) is 1. The van der Waals surface area contributed by atoms with Gasteiger partial charge < -0.3 is 14.8 Å². The van der Waals surface area contributed by atoms with Gasteiger partial charge >= 0.3 is 0 Å².